The summed E-state index contributed by atoms with van der Waals surface area (Å²) < 4.78 is 0. The van der Waals surface area contributed by atoms with Gasteiger partial charge in [-0.2, -0.15) is 0 Å². The molecule has 1 saturated carbocycles. The molecule has 16 heavy (non-hydrogen) atoms. The third kappa shape index (κ3) is 2.86. The van der Waals surface area contributed by atoms with Gasteiger partial charge in [0.2, 0.25) is 0 Å². The van der Waals surface area contributed by atoms with E-state index in [4.69, 9.17) is 12.2 Å². The van der Waals surface area contributed by atoms with E-state index in [0.717, 1.165) is 30.4 Å². The van der Waals surface area contributed by atoms with E-state index in [9.17, 15) is 0 Å². The molecule has 1 heterocycles. The van der Waals surface area contributed by atoms with Crippen LogP contribution in [0.2, 0.25) is 0 Å². The fourth-order valence-corrected chi connectivity index (χ4v) is 3.60. The van der Waals surface area contributed by atoms with Crippen molar-refractivity contribution in [2.45, 2.75) is 46.1 Å². The lowest BCUT2D eigenvalue weighted by Gasteiger charge is -2.43. The maximum Gasteiger partial charge on any atom is 0.174 e. The molecule has 0 spiro atoms. The maximum atomic E-state index is 5.09. The highest BCUT2D eigenvalue weighted by Crippen LogP contribution is 2.37. The van der Waals surface area contributed by atoms with Crippen molar-refractivity contribution in [3.05, 3.63) is 0 Å². The second-order valence-electron chi connectivity index (χ2n) is 6.30. The van der Waals surface area contributed by atoms with Crippen LogP contribution in [0, 0.1) is 11.3 Å². The van der Waals surface area contributed by atoms with Crippen molar-refractivity contribution in [1.29, 1.82) is 0 Å². The van der Waals surface area contributed by atoms with E-state index < -0.39 is 0 Å². The molecule has 0 unspecified atom stereocenters. The minimum Gasteiger partial charge on any atom is -0.316 e. The van der Waals surface area contributed by atoms with Crippen LogP contribution in [0.4, 0.5) is 0 Å². The first-order valence-electron chi connectivity index (χ1n) is 6.32. The second kappa shape index (κ2) is 4.49. The summed E-state index contributed by atoms with van der Waals surface area (Å²) in [7, 11) is 0. The molecule has 1 aliphatic carbocycles. The van der Waals surface area contributed by atoms with Crippen molar-refractivity contribution in [3.63, 3.8) is 0 Å². The Labute approximate surface area is 104 Å². The van der Waals surface area contributed by atoms with E-state index in [1.165, 1.54) is 19.3 Å². The molecule has 2 fully saturated rings. The molecule has 0 aromatic carbocycles. The van der Waals surface area contributed by atoms with Crippen LogP contribution in [0.5, 0.6) is 0 Å². The van der Waals surface area contributed by atoms with Gasteiger partial charge in [-0.15, -0.1) is 0 Å². The molecule has 0 amide bonds. The van der Waals surface area contributed by atoms with Crippen LogP contribution in [0.15, 0.2) is 0 Å². The Bertz CT molecular complexity index is 267. The van der Waals surface area contributed by atoms with Gasteiger partial charge in [0.25, 0.3) is 0 Å². The number of hydrogen-bond acceptors (Lipinski definition) is 1. The smallest absolute Gasteiger partial charge is 0.174 e. The van der Waals surface area contributed by atoms with Gasteiger partial charge in [0.1, 0.15) is 0 Å². The zero-order chi connectivity index (χ0) is 11.8. The van der Waals surface area contributed by atoms with Gasteiger partial charge in [-0.25, -0.2) is 0 Å². The normalized spacial score (nSPS) is 35.3. The summed E-state index contributed by atoms with van der Waals surface area (Å²) in [5.74, 6) is 0.857. The first-order chi connectivity index (χ1) is 7.46. The first-order valence-corrected chi connectivity index (χ1v) is 6.73. The van der Waals surface area contributed by atoms with Gasteiger partial charge in [-0.1, -0.05) is 20.8 Å². The topological polar surface area (TPSA) is 28.5 Å². The molecule has 2 atom stereocenters. The summed E-state index contributed by atoms with van der Waals surface area (Å²) in [4.78, 5) is 1.62. The molecule has 92 valence electrons. The quantitative estimate of drug-likeness (QED) is 0.584. The van der Waals surface area contributed by atoms with Gasteiger partial charge in [0.05, 0.1) is 6.04 Å². The van der Waals surface area contributed by atoms with E-state index in [0.29, 0.717) is 5.41 Å². The van der Waals surface area contributed by atoms with Gasteiger partial charge in [0, 0.05) is 12.8 Å². The van der Waals surface area contributed by atoms with Crippen LogP contribution in [0.25, 0.3) is 0 Å². The standard InChI is InChI=1S/C12H23N3S/c1-9-4-10(6-12(2,3)5-9)15-7-13-11(16)14-8-15/h9-10H,4-8H2,1-3H3,(H2,13,14,16)/p+1/t9-,10+/m0/s1. The van der Waals surface area contributed by atoms with E-state index in [1.807, 2.05) is 0 Å². The van der Waals surface area contributed by atoms with Crippen molar-refractivity contribution >= 4 is 17.3 Å². The minimum absolute atomic E-state index is 0.507. The summed E-state index contributed by atoms with van der Waals surface area (Å²) in [5, 5.41) is 7.32. The lowest BCUT2D eigenvalue weighted by atomic mass is 9.70. The molecule has 0 bridgehead atoms. The summed E-state index contributed by atoms with van der Waals surface area (Å²) in [6, 6.07) is 0.779. The fourth-order valence-electron chi connectivity index (χ4n) is 3.46. The third-order valence-electron chi connectivity index (χ3n) is 3.92. The molecule has 4 heteroatoms. The number of hydrogen-bond donors (Lipinski definition) is 3. The average Bonchev–Trinajstić information content (AvgIpc) is 2.15. The molecule has 0 aromatic rings. The highest BCUT2D eigenvalue weighted by Gasteiger charge is 2.37. The monoisotopic (exact) mass is 242 g/mol. The molecular formula is C12H24N3S+. The minimum atomic E-state index is 0.507. The van der Waals surface area contributed by atoms with E-state index in [2.05, 4.69) is 31.4 Å². The molecule has 2 aliphatic rings. The molecule has 3 N–H and O–H groups in total. The maximum absolute atomic E-state index is 5.09. The van der Waals surface area contributed by atoms with Gasteiger partial charge < -0.3 is 10.6 Å². The van der Waals surface area contributed by atoms with Gasteiger partial charge >= 0.3 is 0 Å². The van der Waals surface area contributed by atoms with Crippen LogP contribution in [0.3, 0.4) is 0 Å². The summed E-state index contributed by atoms with van der Waals surface area (Å²) >= 11 is 5.09. The zero-order valence-corrected chi connectivity index (χ0v) is 11.4. The Morgan fingerprint density at radius 2 is 1.88 bits per heavy atom. The van der Waals surface area contributed by atoms with Crippen LogP contribution in [0.1, 0.15) is 40.0 Å². The second-order valence-corrected chi connectivity index (χ2v) is 6.71. The molecule has 0 aromatic heterocycles. The highest BCUT2D eigenvalue weighted by atomic mass is 32.1. The van der Waals surface area contributed by atoms with E-state index in [-0.39, 0.29) is 0 Å². The van der Waals surface area contributed by atoms with E-state index >= 15 is 0 Å². The lowest BCUT2D eigenvalue weighted by Crippen LogP contribution is -3.20. The zero-order valence-electron chi connectivity index (χ0n) is 10.6. The van der Waals surface area contributed by atoms with Crippen LogP contribution in [-0.2, 0) is 0 Å². The highest BCUT2D eigenvalue weighted by molar-refractivity contribution is 7.80. The van der Waals surface area contributed by atoms with Crippen molar-refractivity contribution in [3.8, 4) is 0 Å². The molecule has 3 nitrogen and oxygen atoms in total. The van der Waals surface area contributed by atoms with E-state index in [1.54, 1.807) is 4.90 Å². The summed E-state index contributed by atoms with van der Waals surface area (Å²) in [6.07, 6.45) is 4.06. The fraction of sp³-hybridized carbons (Fsp3) is 0.917. The lowest BCUT2D eigenvalue weighted by molar-refractivity contribution is -0.934. The molecule has 2 rings (SSSR count). The Morgan fingerprint density at radius 3 is 2.44 bits per heavy atom. The van der Waals surface area contributed by atoms with Crippen molar-refractivity contribution < 1.29 is 4.90 Å². The molecule has 0 radical (unpaired) electrons. The number of nitrogens with one attached hydrogen (secondary N) is 3. The predicted octanol–water partition coefficient (Wildman–Crippen LogP) is 0.479. The average molecular weight is 242 g/mol. The first kappa shape index (κ1) is 12.1. The van der Waals surface area contributed by atoms with Crippen LogP contribution >= 0.6 is 12.2 Å². The molecular weight excluding hydrogens is 218 g/mol. The Morgan fingerprint density at radius 1 is 1.25 bits per heavy atom. The van der Waals surface area contributed by atoms with Crippen molar-refractivity contribution in [1.82, 2.24) is 10.6 Å². The molecule has 1 aliphatic heterocycles. The Kier molecular flexibility index (Phi) is 3.40. The van der Waals surface area contributed by atoms with Crippen molar-refractivity contribution in [2.24, 2.45) is 11.3 Å². The Balaban J connectivity index is 1.96. The van der Waals surface area contributed by atoms with Gasteiger partial charge in [-0.05, 0) is 30.0 Å². The van der Waals surface area contributed by atoms with Crippen LogP contribution < -0.4 is 15.5 Å². The number of quaternary nitrogens is 1. The predicted molar refractivity (Wildman–Crippen MR) is 70.2 cm³/mol. The number of thiocarbonyl (C=S) groups is 1. The summed E-state index contributed by atoms with van der Waals surface area (Å²) in [6.45, 7) is 9.18. The SMILES string of the molecule is C[C@H]1C[C@@H]([NH+]2CNC(=S)NC2)CC(C)(C)C1. The van der Waals surface area contributed by atoms with Crippen molar-refractivity contribution in [2.75, 3.05) is 13.3 Å². The van der Waals surface area contributed by atoms with Gasteiger partial charge in [-0.3, -0.25) is 4.90 Å². The summed E-state index contributed by atoms with van der Waals surface area (Å²) in [5.41, 5.74) is 0.507. The largest absolute Gasteiger partial charge is 0.316 e. The number of rotatable bonds is 1. The third-order valence-corrected chi connectivity index (χ3v) is 4.20. The Hall–Kier alpha value is -0.350. The van der Waals surface area contributed by atoms with Crippen LogP contribution in [-0.4, -0.2) is 24.5 Å². The van der Waals surface area contributed by atoms with Gasteiger partial charge in [0.15, 0.2) is 18.4 Å². The molecule has 1 saturated heterocycles.